The summed E-state index contributed by atoms with van der Waals surface area (Å²) in [6, 6.07) is 17.0. The van der Waals surface area contributed by atoms with Gasteiger partial charge >= 0.3 is 0 Å². The molecule has 3 aromatic rings. The lowest BCUT2D eigenvalue weighted by Crippen LogP contribution is -2.48. The number of piperazine rings is 1. The molecule has 7 heteroatoms. The van der Waals surface area contributed by atoms with Crippen molar-refractivity contribution in [2.45, 2.75) is 13.5 Å². The summed E-state index contributed by atoms with van der Waals surface area (Å²) in [6.07, 6.45) is 3.46. The Bertz CT molecular complexity index is 1050. The number of ether oxygens (including phenoxy) is 2. The molecule has 0 aliphatic carbocycles. The van der Waals surface area contributed by atoms with Crippen molar-refractivity contribution in [1.82, 2.24) is 9.88 Å². The second-order valence-electron chi connectivity index (χ2n) is 7.47. The number of amides is 1. The average molecular weight is 452 g/mol. The van der Waals surface area contributed by atoms with Gasteiger partial charge in [0.1, 0.15) is 6.61 Å². The van der Waals surface area contributed by atoms with Crippen molar-refractivity contribution in [3.8, 4) is 11.5 Å². The SMILES string of the molecule is CCOc1cc(C(=O)N2CCN(c3ccccc3Cl)CC2)ccc1OCc1ccncc1. The maximum atomic E-state index is 13.1. The fraction of sp³-hybridized carbons (Fsp3) is 0.280. The molecule has 0 atom stereocenters. The highest BCUT2D eigenvalue weighted by Gasteiger charge is 2.24. The smallest absolute Gasteiger partial charge is 0.254 e. The van der Waals surface area contributed by atoms with Crippen LogP contribution in [-0.4, -0.2) is 48.6 Å². The third-order valence-electron chi connectivity index (χ3n) is 5.39. The van der Waals surface area contributed by atoms with Crippen molar-refractivity contribution >= 4 is 23.2 Å². The Morgan fingerprint density at radius 1 is 0.969 bits per heavy atom. The molecule has 1 fully saturated rings. The fourth-order valence-electron chi connectivity index (χ4n) is 3.71. The molecule has 0 unspecified atom stereocenters. The van der Waals surface area contributed by atoms with Crippen LogP contribution in [0.15, 0.2) is 67.0 Å². The minimum Gasteiger partial charge on any atom is -0.490 e. The van der Waals surface area contributed by atoms with E-state index in [2.05, 4.69) is 9.88 Å². The van der Waals surface area contributed by atoms with Crippen LogP contribution in [0.2, 0.25) is 5.02 Å². The van der Waals surface area contributed by atoms with Gasteiger partial charge in [-0.3, -0.25) is 9.78 Å². The Balaban J connectivity index is 1.42. The summed E-state index contributed by atoms with van der Waals surface area (Å²) < 4.78 is 11.7. The van der Waals surface area contributed by atoms with Crippen LogP contribution >= 0.6 is 11.6 Å². The predicted molar refractivity (Wildman–Crippen MR) is 126 cm³/mol. The van der Waals surface area contributed by atoms with Crippen molar-refractivity contribution in [3.63, 3.8) is 0 Å². The summed E-state index contributed by atoms with van der Waals surface area (Å²) >= 11 is 6.33. The number of carbonyl (C=O) groups is 1. The zero-order valence-corrected chi connectivity index (χ0v) is 18.8. The van der Waals surface area contributed by atoms with Crippen molar-refractivity contribution in [1.29, 1.82) is 0 Å². The van der Waals surface area contributed by atoms with Crippen molar-refractivity contribution in [2.24, 2.45) is 0 Å². The number of aromatic nitrogens is 1. The number of hydrogen-bond donors (Lipinski definition) is 0. The van der Waals surface area contributed by atoms with Gasteiger partial charge in [0.05, 0.1) is 17.3 Å². The standard InChI is InChI=1S/C25H26ClN3O3/c1-2-31-24-17-20(7-8-23(24)32-18-19-9-11-27-12-10-19)25(30)29-15-13-28(14-16-29)22-6-4-3-5-21(22)26/h3-12,17H,2,13-16,18H2,1H3. The minimum atomic E-state index is -0.00885. The number of nitrogens with zero attached hydrogens (tertiary/aromatic N) is 3. The van der Waals surface area contributed by atoms with Gasteiger partial charge in [-0.05, 0) is 55.0 Å². The Hall–Kier alpha value is -3.25. The molecule has 0 radical (unpaired) electrons. The first-order valence-electron chi connectivity index (χ1n) is 10.7. The maximum Gasteiger partial charge on any atom is 0.254 e. The van der Waals surface area contributed by atoms with Crippen LogP contribution < -0.4 is 14.4 Å². The molecule has 2 aromatic carbocycles. The lowest BCUT2D eigenvalue weighted by Gasteiger charge is -2.36. The zero-order chi connectivity index (χ0) is 22.3. The summed E-state index contributed by atoms with van der Waals surface area (Å²) in [5.41, 5.74) is 2.62. The van der Waals surface area contributed by atoms with Crippen LogP contribution in [0.25, 0.3) is 0 Å². The van der Waals surface area contributed by atoms with E-state index in [1.165, 1.54) is 0 Å². The van der Waals surface area contributed by atoms with E-state index in [1.54, 1.807) is 30.6 Å². The molecule has 32 heavy (non-hydrogen) atoms. The summed E-state index contributed by atoms with van der Waals surface area (Å²) in [7, 11) is 0. The normalized spacial score (nSPS) is 13.7. The van der Waals surface area contributed by atoms with Crippen LogP contribution in [0.1, 0.15) is 22.8 Å². The number of benzene rings is 2. The quantitative estimate of drug-likeness (QED) is 0.522. The highest BCUT2D eigenvalue weighted by molar-refractivity contribution is 6.33. The Morgan fingerprint density at radius 3 is 2.44 bits per heavy atom. The van der Waals surface area contributed by atoms with E-state index < -0.39 is 0 Å². The molecular formula is C25H26ClN3O3. The van der Waals surface area contributed by atoms with Crippen molar-refractivity contribution < 1.29 is 14.3 Å². The molecule has 1 aliphatic heterocycles. The largest absolute Gasteiger partial charge is 0.490 e. The van der Waals surface area contributed by atoms with Crippen LogP contribution in [0.5, 0.6) is 11.5 Å². The molecule has 0 bridgehead atoms. The number of para-hydroxylation sites is 1. The summed E-state index contributed by atoms with van der Waals surface area (Å²) in [5.74, 6) is 1.18. The lowest BCUT2D eigenvalue weighted by molar-refractivity contribution is 0.0746. The van der Waals surface area contributed by atoms with Crippen molar-refractivity contribution in [3.05, 3.63) is 83.1 Å². The van der Waals surface area contributed by atoms with Gasteiger partial charge in [-0.1, -0.05) is 23.7 Å². The molecule has 0 saturated carbocycles. The molecule has 2 heterocycles. The van der Waals surface area contributed by atoms with Crippen LogP contribution in [-0.2, 0) is 6.61 Å². The van der Waals surface area contributed by atoms with E-state index >= 15 is 0 Å². The van der Waals surface area contributed by atoms with E-state index in [9.17, 15) is 4.79 Å². The maximum absolute atomic E-state index is 13.1. The first-order valence-corrected chi connectivity index (χ1v) is 11.1. The molecule has 1 amide bonds. The van der Waals surface area contributed by atoms with Gasteiger partial charge in [-0.15, -0.1) is 0 Å². The number of carbonyl (C=O) groups excluding carboxylic acids is 1. The van der Waals surface area contributed by atoms with Crippen LogP contribution in [0.4, 0.5) is 5.69 Å². The van der Waals surface area contributed by atoms with Crippen LogP contribution in [0.3, 0.4) is 0 Å². The molecule has 1 aliphatic rings. The topological polar surface area (TPSA) is 54.9 Å². The predicted octanol–water partition coefficient (Wildman–Crippen LogP) is 4.68. The van der Waals surface area contributed by atoms with E-state index in [4.69, 9.17) is 21.1 Å². The van der Waals surface area contributed by atoms with Crippen molar-refractivity contribution in [2.75, 3.05) is 37.7 Å². The number of pyridine rings is 1. The highest BCUT2D eigenvalue weighted by atomic mass is 35.5. The highest BCUT2D eigenvalue weighted by Crippen LogP contribution is 2.30. The Labute approximate surface area is 193 Å². The van der Waals surface area contributed by atoms with Gasteiger partial charge in [-0.25, -0.2) is 0 Å². The van der Waals surface area contributed by atoms with Gasteiger partial charge in [0.25, 0.3) is 5.91 Å². The second kappa shape index (κ2) is 10.4. The number of halogens is 1. The van der Waals surface area contributed by atoms with E-state index in [1.807, 2.05) is 48.2 Å². The molecule has 0 N–H and O–H groups in total. The number of anilines is 1. The Kier molecular flexibility index (Phi) is 7.12. The van der Waals surface area contributed by atoms with Crippen LogP contribution in [0, 0.1) is 0 Å². The summed E-state index contributed by atoms with van der Waals surface area (Å²) in [6.45, 7) is 5.54. The third kappa shape index (κ3) is 5.14. The minimum absolute atomic E-state index is 0.00885. The fourth-order valence-corrected chi connectivity index (χ4v) is 3.97. The molecule has 4 rings (SSSR count). The molecular weight excluding hydrogens is 426 g/mol. The Morgan fingerprint density at radius 2 is 1.72 bits per heavy atom. The zero-order valence-electron chi connectivity index (χ0n) is 18.0. The first-order chi connectivity index (χ1) is 15.7. The monoisotopic (exact) mass is 451 g/mol. The van der Waals surface area contributed by atoms with E-state index in [-0.39, 0.29) is 5.91 Å². The average Bonchev–Trinajstić information content (AvgIpc) is 2.84. The molecule has 1 aromatic heterocycles. The van der Waals surface area contributed by atoms with Gasteiger partial charge in [0.15, 0.2) is 11.5 Å². The van der Waals surface area contributed by atoms with Gasteiger partial charge in [-0.2, -0.15) is 0 Å². The number of rotatable bonds is 7. The third-order valence-corrected chi connectivity index (χ3v) is 5.71. The number of hydrogen-bond acceptors (Lipinski definition) is 5. The molecule has 6 nitrogen and oxygen atoms in total. The lowest BCUT2D eigenvalue weighted by atomic mass is 10.1. The first kappa shape index (κ1) is 22.0. The summed E-state index contributed by atoms with van der Waals surface area (Å²) in [5, 5.41) is 0.732. The van der Waals surface area contributed by atoms with Gasteiger partial charge in [0, 0.05) is 44.1 Å². The van der Waals surface area contributed by atoms with Gasteiger partial charge in [0.2, 0.25) is 0 Å². The summed E-state index contributed by atoms with van der Waals surface area (Å²) in [4.78, 5) is 21.2. The van der Waals surface area contributed by atoms with E-state index in [0.29, 0.717) is 43.4 Å². The van der Waals surface area contributed by atoms with E-state index in [0.717, 1.165) is 29.4 Å². The molecule has 0 spiro atoms. The molecule has 166 valence electrons. The van der Waals surface area contributed by atoms with Gasteiger partial charge < -0.3 is 19.3 Å². The second-order valence-corrected chi connectivity index (χ2v) is 7.88. The molecule has 1 saturated heterocycles.